The normalized spacial score (nSPS) is 15.9. The number of hydrogen-bond donors (Lipinski definition) is 1. The molecule has 0 aliphatic heterocycles. The van der Waals surface area contributed by atoms with Crippen molar-refractivity contribution in [3.8, 4) is 17.4 Å². The molecule has 0 unspecified atom stereocenters. The summed E-state index contributed by atoms with van der Waals surface area (Å²) in [5.41, 5.74) is 1.71. The van der Waals surface area contributed by atoms with Crippen LogP contribution in [0.25, 0.3) is 11.5 Å². The first-order valence-corrected chi connectivity index (χ1v) is 11.7. The molecule has 1 aliphatic carbocycles. The average Bonchev–Trinajstić information content (AvgIpc) is 3.55. The van der Waals surface area contributed by atoms with Crippen LogP contribution in [0.15, 0.2) is 30.6 Å². The number of nitrogens with one attached hydrogen (secondary N) is 1. The van der Waals surface area contributed by atoms with Gasteiger partial charge in [-0.1, -0.05) is 6.07 Å². The number of aromatic nitrogens is 6. The van der Waals surface area contributed by atoms with Crippen LogP contribution in [0, 0.1) is 6.92 Å². The first-order valence-electron chi connectivity index (χ1n) is 10.1. The molecule has 3 heterocycles. The number of pyridine rings is 1. The molecule has 1 N–H and O–H groups in total. The topological polar surface area (TPSA) is 134 Å². The maximum atomic E-state index is 13.2. The van der Waals surface area contributed by atoms with Crippen LogP contribution < -0.4 is 9.46 Å². The summed E-state index contributed by atoms with van der Waals surface area (Å²) < 4.78 is 41.5. The van der Waals surface area contributed by atoms with Gasteiger partial charge in [0, 0.05) is 25.4 Å². The van der Waals surface area contributed by atoms with Crippen molar-refractivity contribution in [2.75, 3.05) is 18.9 Å². The quantitative estimate of drug-likeness (QED) is 0.511. The number of rotatable bonds is 9. The van der Waals surface area contributed by atoms with Crippen LogP contribution in [0.2, 0.25) is 0 Å². The standard InChI is InChI=1S/C20H25N7O4S/c1-12-10-22-16(11-21-12)18(31-4)13(2)32(28,29)26-20-25-24-19(27(20)14-8-9-14)15-6-5-7-17(23-15)30-3/h5-7,10-11,13-14,18H,8-9H2,1-4H3,(H,25,26)/t13-,18-/m0/s1. The maximum absolute atomic E-state index is 13.2. The van der Waals surface area contributed by atoms with Crippen molar-refractivity contribution >= 4 is 16.0 Å². The van der Waals surface area contributed by atoms with Gasteiger partial charge in [-0.2, -0.15) is 0 Å². The Kier molecular flexibility index (Phi) is 6.07. The summed E-state index contributed by atoms with van der Waals surface area (Å²) in [7, 11) is -0.931. The monoisotopic (exact) mass is 459 g/mol. The molecule has 0 saturated heterocycles. The highest BCUT2D eigenvalue weighted by Crippen LogP contribution is 2.40. The van der Waals surface area contributed by atoms with Crippen molar-refractivity contribution in [2.45, 2.75) is 44.1 Å². The van der Waals surface area contributed by atoms with Crippen LogP contribution in [0.4, 0.5) is 5.95 Å². The molecule has 0 amide bonds. The van der Waals surface area contributed by atoms with Crippen molar-refractivity contribution in [2.24, 2.45) is 0 Å². The van der Waals surface area contributed by atoms with Gasteiger partial charge in [0.05, 0.1) is 24.7 Å². The molecule has 1 aliphatic rings. The van der Waals surface area contributed by atoms with E-state index >= 15 is 0 Å². The Morgan fingerprint density at radius 2 is 1.94 bits per heavy atom. The predicted molar refractivity (Wildman–Crippen MR) is 117 cm³/mol. The molecule has 0 aromatic carbocycles. The van der Waals surface area contributed by atoms with Crippen molar-refractivity contribution in [3.05, 3.63) is 42.0 Å². The first kappa shape index (κ1) is 22.1. The largest absolute Gasteiger partial charge is 0.481 e. The molecular formula is C20H25N7O4S. The number of aryl methyl sites for hydroxylation is 1. The van der Waals surface area contributed by atoms with E-state index in [1.165, 1.54) is 20.4 Å². The second-order valence-electron chi connectivity index (χ2n) is 7.60. The Balaban J connectivity index is 1.64. The molecule has 3 aromatic rings. The maximum Gasteiger partial charge on any atom is 0.240 e. The molecule has 0 bridgehead atoms. The summed E-state index contributed by atoms with van der Waals surface area (Å²) in [6, 6.07) is 5.40. The minimum atomic E-state index is -3.90. The van der Waals surface area contributed by atoms with Crippen LogP contribution >= 0.6 is 0 Å². The van der Waals surface area contributed by atoms with E-state index in [1.807, 2.05) is 0 Å². The number of sulfonamides is 1. The molecule has 11 nitrogen and oxygen atoms in total. The Morgan fingerprint density at radius 1 is 1.16 bits per heavy atom. The van der Waals surface area contributed by atoms with E-state index in [0.717, 1.165) is 18.5 Å². The minimum absolute atomic E-state index is 0.0993. The smallest absolute Gasteiger partial charge is 0.240 e. The highest BCUT2D eigenvalue weighted by Gasteiger charge is 2.36. The Hall–Kier alpha value is -3.12. The summed E-state index contributed by atoms with van der Waals surface area (Å²) >= 11 is 0. The lowest BCUT2D eigenvalue weighted by Crippen LogP contribution is -2.33. The fourth-order valence-electron chi connectivity index (χ4n) is 3.35. The third kappa shape index (κ3) is 4.41. The van der Waals surface area contributed by atoms with E-state index in [4.69, 9.17) is 9.47 Å². The van der Waals surface area contributed by atoms with E-state index in [1.54, 1.807) is 42.8 Å². The van der Waals surface area contributed by atoms with Gasteiger partial charge in [-0.25, -0.2) is 13.4 Å². The van der Waals surface area contributed by atoms with Gasteiger partial charge in [-0.15, -0.1) is 10.2 Å². The zero-order valence-corrected chi connectivity index (χ0v) is 19.1. The molecule has 3 aromatic heterocycles. The fourth-order valence-corrected chi connectivity index (χ4v) is 4.51. The van der Waals surface area contributed by atoms with E-state index in [0.29, 0.717) is 23.1 Å². The molecule has 0 radical (unpaired) electrons. The van der Waals surface area contributed by atoms with E-state index in [2.05, 4.69) is 29.9 Å². The molecule has 1 fully saturated rings. The number of nitrogens with zero attached hydrogens (tertiary/aromatic N) is 6. The molecule has 2 atom stereocenters. The van der Waals surface area contributed by atoms with Gasteiger partial charge >= 0.3 is 0 Å². The number of ether oxygens (including phenoxy) is 2. The Morgan fingerprint density at radius 3 is 2.56 bits per heavy atom. The van der Waals surface area contributed by atoms with E-state index in [9.17, 15) is 8.42 Å². The molecule has 0 spiro atoms. The van der Waals surface area contributed by atoms with Gasteiger partial charge in [-0.3, -0.25) is 19.3 Å². The summed E-state index contributed by atoms with van der Waals surface area (Å²) in [4.78, 5) is 12.9. The van der Waals surface area contributed by atoms with E-state index in [-0.39, 0.29) is 12.0 Å². The van der Waals surface area contributed by atoms with Gasteiger partial charge in [-0.05, 0) is 32.8 Å². The molecule has 4 rings (SSSR count). The van der Waals surface area contributed by atoms with Crippen LogP contribution in [-0.2, 0) is 14.8 Å². The molecule has 32 heavy (non-hydrogen) atoms. The molecule has 12 heteroatoms. The van der Waals surface area contributed by atoms with Gasteiger partial charge in [0.2, 0.25) is 21.9 Å². The Labute approximate surface area is 186 Å². The van der Waals surface area contributed by atoms with Crippen LogP contribution in [0.3, 0.4) is 0 Å². The third-order valence-electron chi connectivity index (χ3n) is 5.27. The van der Waals surface area contributed by atoms with Gasteiger partial charge in [0.1, 0.15) is 17.0 Å². The van der Waals surface area contributed by atoms with E-state index < -0.39 is 21.4 Å². The Bertz CT molecular complexity index is 1190. The summed E-state index contributed by atoms with van der Waals surface area (Å²) in [6.45, 7) is 3.36. The summed E-state index contributed by atoms with van der Waals surface area (Å²) in [6.07, 6.45) is 4.09. The lowest BCUT2D eigenvalue weighted by Gasteiger charge is -2.22. The van der Waals surface area contributed by atoms with Crippen LogP contribution in [0.1, 0.15) is 43.3 Å². The first-order chi connectivity index (χ1) is 15.3. The zero-order valence-electron chi connectivity index (χ0n) is 18.3. The number of anilines is 1. The summed E-state index contributed by atoms with van der Waals surface area (Å²) in [5, 5.41) is 7.37. The number of methoxy groups -OCH3 is 2. The highest BCUT2D eigenvalue weighted by atomic mass is 32.2. The van der Waals surface area contributed by atoms with Gasteiger partial charge in [0.15, 0.2) is 5.82 Å². The second-order valence-corrected chi connectivity index (χ2v) is 9.64. The molecule has 1 saturated carbocycles. The van der Waals surface area contributed by atoms with Crippen LogP contribution in [-0.4, -0.2) is 57.6 Å². The van der Waals surface area contributed by atoms with Gasteiger partial charge in [0.25, 0.3) is 0 Å². The van der Waals surface area contributed by atoms with Crippen molar-refractivity contribution in [1.82, 2.24) is 29.7 Å². The summed E-state index contributed by atoms with van der Waals surface area (Å²) in [5.74, 6) is 1.05. The van der Waals surface area contributed by atoms with Gasteiger partial charge < -0.3 is 9.47 Å². The lowest BCUT2D eigenvalue weighted by molar-refractivity contribution is 0.0985. The SMILES string of the molecule is COc1cccc(-c2nnc(NS(=O)(=O)[C@@H](C)[C@H](OC)c3cnc(C)cn3)n2C2CC2)n1. The van der Waals surface area contributed by atoms with Crippen molar-refractivity contribution in [3.63, 3.8) is 0 Å². The van der Waals surface area contributed by atoms with Crippen molar-refractivity contribution in [1.29, 1.82) is 0 Å². The lowest BCUT2D eigenvalue weighted by atomic mass is 10.2. The minimum Gasteiger partial charge on any atom is -0.481 e. The highest BCUT2D eigenvalue weighted by molar-refractivity contribution is 7.93. The number of hydrogen-bond acceptors (Lipinski definition) is 9. The van der Waals surface area contributed by atoms with Crippen molar-refractivity contribution < 1.29 is 17.9 Å². The van der Waals surface area contributed by atoms with Crippen LogP contribution in [0.5, 0.6) is 5.88 Å². The third-order valence-corrected chi connectivity index (χ3v) is 6.96. The predicted octanol–water partition coefficient (Wildman–Crippen LogP) is 2.30. The average molecular weight is 460 g/mol. The molecule has 170 valence electrons. The molecular weight excluding hydrogens is 434 g/mol. The second kappa shape index (κ2) is 8.79. The fraction of sp³-hybridized carbons (Fsp3) is 0.450. The zero-order chi connectivity index (χ0) is 22.9.